The molecule has 0 bridgehead atoms. The van der Waals surface area contributed by atoms with Crippen molar-refractivity contribution in [2.75, 3.05) is 0 Å². The maximum Gasteiger partial charge on any atom is 0.262 e. The van der Waals surface area contributed by atoms with Crippen LogP contribution in [0.3, 0.4) is 0 Å². The molecule has 1 heterocycles. The maximum absolute atomic E-state index is 13.0. The predicted octanol–water partition coefficient (Wildman–Crippen LogP) is 5.24. The molecule has 4 nitrogen and oxygen atoms in total. The molecule has 140 valence electrons. The highest BCUT2D eigenvalue weighted by molar-refractivity contribution is 9.10. The Labute approximate surface area is 171 Å². The van der Waals surface area contributed by atoms with Crippen LogP contribution in [0.2, 0.25) is 0 Å². The van der Waals surface area contributed by atoms with E-state index < -0.39 is 0 Å². The number of hydrogen-bond acceptors (Lipinski definition) is 4. The van der Waals surface area contributed by atoms with Crippen LogP contribution in [0.1, 0.15) is 36.2 Å². The number of ketones is 1. The summed E-state index contributed by atoms with van der Waals surface area (Å²) in [5.74, 6) is 0.0354. The highest BCUT2D eigenvalue weighted by Gasteiger charge is 2.20. The van der Waals surface area contributed by atoms with Gasteiger partial charge in [0.15, 0.2) is 10.9 Å². The quantitative estimate of drug-likeness (QED) is 0.296. The first kappa shape index (κ1) is 19.8. The van der Waals surface area contributed by atoms with Crippen molar-refractivity contribution in [3.8, 4) is 0 Å². The molecule has 0 radical (unpaired) electrons. The Morgan fingerprint density at radius 3 is 2.59 bits per heavy atom. The van der Waals surface area contributed by atoms with Crippen molar-refractivity contribution in [3.05, 3.63) is 68.4 Å². The van der Waals surface area contributed by atoms with Crippen LogP contribution >= 0.6 is 27.7 Å². The van der Waals surface area contributed by atoms with Crippen molar-refractivity contribution in [1.29, 1.82) is 0 Å². The van der Waals surface area contributed by atoms with Crippen molar-refractivity contribution < 1.29 is 4.79 Å². The zero-order valence-electron chi connectivity index (χ0n) is 15.5. The number of Topliss-reactive ketones (excluding diaryl/α,β-unsaturated/α-hetero) is 1. The zero-order chi connectivity index (χ0) is 19.6. The Kier molecular flexibility index (Phi) is 6.17. The lowest BCUT2D eigenvalue weighted by molar-refractivity contribution is 0.0994. The third-order valence-electron chi connectivity index (χ3n) is 4.32. The molecule has 0 unspecified atom stereocenters. The summed E-state index contributed by atoms with van der Waals surface area (Å²) in [6.45, 7) is 6.45. The SMILES string of the molecule is CCCn1c(S[C@H](C)C(=O)c2ccc(C)cc2)nc2ccc(Br)cc2c1=O. The number of carbonyl (C=O) groups is 1. The number of hydrogen-bond donors (Lipinski definition) is 0. The van der Waals surface area contributed by atoms with Gasteiger partial charge in [0.1, 0.15) is 0 Å². The largest absolute Gasteiger partial charge is 0.293 e. The van der Waals surface area contributed by atoms with E-state index >= 15 is 0 Å². The Morgan fingerprint density at radius 2 is 1.93 bits per heavy atom. The van der Waals surface area contributed by atoms with Crippen LogP contribution in [0.15, 0.2) is 56.9 Å². The summed E-state index contributed by atoms with van der Waals surface area (Å²) in [4.78, 5) is 30.4. The van der Waals surface area contributed by atoms with E-state index in [-0.39, 0.29) is 16.6 Å². The molecule has 3 aromatic rings. The molecule has 0 amide bonds. The Morgan fingerprint density at radius 1 is 1.22 bits per heavy atom. The van der Waals surface area contributed by atoms with Gasteiger partial charge >= 0.3 is 0 Å². The first-order valence-electron chi connectivity index (χ1n) is 8.88. The van der Waals surface area contributed by atoms with Gasteiger partial charge in [0.05, 0.1) is 16.2 Å². The number of thioether (sulfide) groups is 1. The summed E-state index contributed by atoms with van der Waals surface area (Å²) in [7, 11) is 0. The number of halogens is 1. The summed E-state index contributed by atoms with van der Waals surface area (Å²) < 4.78 is 2.53. The van der Waals surface area contributed by atoms with E-state index in [9.17, 15) is 9.59 Å². The Hall–Kier alpha value is -1.92. The molecular weight excluding hydrogens is 424 g/mol. The van der Waals surface area contributed by atoms with Crippen LogP contribution < -0.4 is 5.56 Å². The number of nitrogens with zero attached hydrogens (tertiary/aromatic N) is 2. The minimum atomic E-state index is -0.337. The minimum Gasteiger partial charge on any atom is -0.293 e. The smallest absolute Gasteiger partial charge is 0.262 e. The van der Waals surface area contributed by atoms with Gasteiger partial charge in [0.2, 0.25) is 0 Å². The lowest BCUT2D eigenvalue weighted by Crippen LogP contribution is -2.25. The van der Waals surface area contributed by atoms with Crippen molar-refractivity contribution in [2.45, 2.75) is 44.1 Å². The van der Waals surface area contributed by atoms with Gasteiger partial charge < -0.3 is 0 Å². The van der Waals surface area contributed by atoms with Gasteiger partial charge in [-0.2, -0.15) is 0 Å². The summed E-state index contributed by atoms with van der Waals surface area (Å²) >= 11 is 4.75. The lowest BCUT2D eigenvalue weighted by Gasteiger charge is -2.15. The normalized spacial score (nSPS) is 12.3. The monoisotopic (exact) mass is 444 g/mol. The molecule has 0 aliphatic heterocycles. The molecule has 3 rings (SSSR count). The number of carbonyl (C=O) groups excluding carboxylic acids is 1. The zero-order valence-corrected chi connectivity index (χ0v) is 17.9. The number of benzene rings is 2. The molecule has 27 heavy (non-hydrogen) atoms. The van der Waals surface area contributed by atoms with E-state index in [1.165, 1.54) is 11.8 Å². The van der Waals surface area contributed by atoms with Crippen LogP contribution in [0.5, 0.6) is 0 Å². The summed E-state index contributed by atoms with van der Waals surface area (Å²) in [5.41, 5.74) is 2.37. The van der Waals surface area contributed by atoms with Crippen molar-refractivity contribution in [3.63, 3.8) is 0 Å². The number of rotatable bonds is 6. The highest BCUT2D eigenvalue weighted by atomic mass is 79.9. The minimum absolute atomic E-state index is 0.0354. The standard InChI is InChI=1S/C21H21BrN2O2S/c1-4-11-24-20(26)17-12-16(22)9-10-18(17)23-21(24)27-14(3)19(25)15-7-5-13(2)6-8-15/h5-10,12,14H,4,11H2,1-3H3/t14-/m1/s1. The fraction of sp³-hybridized carbons (Fsp3) is 0.286. The highest BCUT2D eigenvalue weighted by Crippen LogP contribution is 2.26. The average molecular weight is 445 g/mol. The molecule has 2 aromatic carbocycles. The third kappa shape index (κ3) is 4.33. The topological polar surface area (TPSA) is 52.0 Å². The number of fused-ring (bicyclic) bond motifs is 1. The van der Waals surface area contributed by atoms with Gasteiger partial charge in [-0.15, -0.1) is 0 Å². The second kappa shape index (κ2) is 8.40. The molecule has 0 saturated carbocycles. The van der Waals surface area contributed by atoms with Crippen LogP contribution in [0.4, 0.5) is 0 Å². The van der Waals surface area contributed by atoms with E-state index in [1.54, 1.807) is 10.6 Å². The molecule has 1 aromatic heterocycles. The summed E-state index contributed by atoms with van der Waals surface area (Å²) in [6, 6.07) is 13.1. The molecule has 0 saturated heterocycles. The molecule has 0 aliphatic rings. The van der Waals surface area contributed by atoms with Gasteiger partial charge in [0, 0.05) is 16.6 Å². The van der Waals surface area contributed by atoms with Gasteiger partial charge in [-0.3, -0.25) is 14.2 Å². The van der Waals surface area contributed by atoms with E-state index in [4.69, 9.17) is 0 Å². The summed E-state index contributed by atoms with van der Waals surface area (Å²) in [6.07, 6.45) is 0.814. The van der Waals surface area contributed by atoms with Gasteiger partial charge in [-0.25, -0.2) is 4.98 Å². The molecule has 1 atom stereocenters. The third-order valence-corrected chi connectivity index (χ3v) is 5.90. The first-order valence-corrected chi connectivity index (χ1v) is 10.6. The number of aryl methyl sites for hydroxylation is 1. The Balaban J connectivity index is 1.98. The van der Waals surface area contributed by atoms with Crippen molar-refractivity contribution in [1.82, 2.24) is 9.55 Å². The van der Waals surface area contributed by atoms with Crippen LogP contribution in [0, 0.1) is 6.92 Å². The average Bonchev–Trinajstić information content (AvgIpc) is 2.65. The predicted molar refractivity (Wildman–Crippen MR) is 115 cm³/mol. The van der Waals surface area contributed by atoms with Crippen LogP contribution in [-0.2, 0) is 6.54 Å². The van der Waals surface area contributed by atoms with Crippen LogP contribution in [0.25, 0.3) is 10.9 Å². The molecule has 0 fully saturated rings. The van der Waals surface area contributed by atoms with E-state index in [0.29, 0.717) is 28.2 Å². The first-order chi connectivity index (χ1) is 12.9. The summed E-state index contributed by atoms with van der Waals surface area (Å²) in [5, 5.41) is 0.833. The molecule has 0 N–H and O–H groups in total. The lowest BCUT2D eigenvalue weighted by atomic mass is 10.1. The molecule has 6 heteroatoms. The fourth-order valence-electron chi connectivity index (χ4n) is 2.85. The maximum atomic E-state index is 13.0. The van der Waals surface area contributed by atoms with Gasteiger partial charge in [0.25, 0.3) is 5.56 Å². The van der Waals surface area contributed by atoms with Crippen molar-refractivity contribution >= 4 is 44.4 Å². The second-order valence-corrected chi connectivity index (χ2v) is 8.73. The van der Waals surface area contributed by atoms with E-state index in [0.717, 1.165) is 16.5 Å². The Bertz CT molecular complexity index is 1040. The molecule has 0 aliphatic carbocycles. The van der Waals surface area contributed by atoms with Crippen LogP contribution in [-0.4, -0.2) is 20.6 Å². The number of aromatic nitrogens is 2. The second-order valence-electron chi connectivity index (χ2n) is 6.50. The fourth-order valence-corrected chi connectivity index (χ4v) is 4.22. The van der Waals surface area contributed by atoms with Gasteiger partial charge in [-0.05, 0) is 38.5 Å². The molecule has 0 spiro atoms. The van der Waals surface area contributed by atoms with E-state index in [2.05, 4.69) is 20.9 Å². The van der Waals surface area contributed by atoms with E-state index in [1.807, 2.05) is 57.2 Å². The van der Waals surface area contributed by atoms with Crippen molar-refractivity contribution in [2.24, 2.45) is 0 Å². The molecular formula is C21H21BrN2O2S. The van der Waals surface area contributed by atoms with Gasteiger partial charge in [-0.1, -0.05) is 64.4 Å².